The van der Waals surface area contributed by atoms with Crippen molar-refractivity contribution in [2.45, 2.75) is 30.8 Å². The van der Waals surface area contributed by atoms with E-state index in [0.717, 1.165) is 69.5 Å². The molecule has 1 aromatic carbocycles. The number of para-hydroxylation sites is 1. The Balaban J connectivity index is 1.28. The largest absolute Gasteiger partial charge is 0.378 e. The first-order chi connectivity index (χ1) is 14.3. The predicted molar refractivity (Wildman–Crippen MR) is 113 cm³/mol. The Kier molecular flexibility index (Phi) is 4.18. The number of anilines is 2. The van der Waals surface area contributed by atoms with Crippen molar-refractivity contribution in [3.63, 3.8) is 0 Å². The van der Waals surface area contributed by atoms with E-state index in [0.29, 0.717) is 17.9 Å². The van der Waals surface area contributed by atoms with E-state index >= 15 is 0 Å². The smallest absolute Gasteiger partial charge is 0.247 e. The van der Waals surface area contributed by atoms with Crippen LogP contribution in [0.4, 0.5) is 10.8 Å². The molecule has 7 heteroatoms. The average Bonchev–Trinajstić information content (AvgIpc) is 3.52. The summed E-state index contributed by atoms with van der Waals surface area (Å²) in [5.41, 5.74) is 0.737. The third-order valence-corrected chi connectivity index (χ3v) is 8.40. The van der Waals surface area contributed by atoms with Gasteiger partial charge in [-0.2, -0.15) is 0 Å². The summed E-state index contributed by atoms with van der Waals surface area (Å²) in [7, 11) is 0. The maximum Gasteiger partial charge on any atom is 0.247 e. The van der Waals surface area contributed by atoms with Crippen LogP contribution in [0.25, 0.3) is 0 Å². The number of morpholine rings is 1. The number of thiazole rings is 1. The molecule has 4 aliphatic heterocycles. The van der Waals surface area contributed by atoms with Crippen molar-refractivity contribution in [1.82, 2.24) is 9.88 Å². The number of carbonyl (C=O) groups is 1. The number of carbonyl (C=O) groups excluding carboxylic acids is 1. The van der Waals surface area contributed by atoms with Gasteiger partial charge < -0.3 is 14.5 Å². The second-order valence-corrected chi connectivity index (χ2v) is 9.61. The lowest BCUT2D eigenvalue weighted by molar-refractivity contribution is -0.126. The molecule has 3 atom stereocenters. The Bertz CT molecular complexity index is 913. The monoisotopic (exact) mass is 410 g/mol. The fourth-order valence-corrected chi connectivity index (χ4v) is 7.02. The molecule has 5 heterocycles. The molecule has 4 aliphatic rings. The van der Waals surface area contributed by atoms with Crippen molar-refractivity contribution in [2.24, 2.45) is 5.92 Å². The second-order valence-electron chi connectivity index (χ2n) is 8.57. The fraction of sp³-hybridized carbons (Fsp3) is 0.545. The average molecular weight is 411 g/mol. The van der Waals surface area contributed by atoms with Gasteiger partial charge in [-0.3, -0.25) is 9.69 Å². The highest BCUT2D eigenvalue weighted by Crippen LogP contribution is 2.57. The minimum absolute atomic E-state index is 0.302. The van der Waals surface area contributed by atoms with Gasteiger partial charge in [0, 0.05) is 48.4 Å². The molecule has 1 aromatic heterocycles. The van der Waals surface area contributed by atoms with E-state index in [1.807, 2.05) is 34.4 Å². The molecule has 6 nitrogen and oxygen atoms in total. The maximum absolute atomic E-state index is 13.7. The van der Waals surface area contributed by atoms with Crippen molar-refractivity contribution >= 4 is 28.1 Å². The van der Waals surface area contributed by atoms with E-state index in [1.54, 1.807) is 0 Å². The van der Waals surface area contributed by atoms with Gasteiger partial charge in [0.15, 0.2) is 5.13 Å². The van der Waals surface area contributed by atoms with Crippen molar-refractivity contribution in [3.8, 4) is 0 Å². The van der Waals surface area contributed by atoms with Gasteiger partial charge in [-0.15, -0.1) is 11.3 Å². The van der Waals surface area contributed by atoms with E-state index < -0.39 is 0 Å². The summed E-state index contributed by atoms with van der Waals surface area (Å²) in [6.45, 7) is 5.24. The number of hydrogen-bond donors (Lipinski definition) is 0. The summed E-state index contributed by atoms with van der Waals surface area (Å²) in [4.78, 5) is 26.6. The molecule has 152 valence electrons. The van der Waals surface area contributed by atoms with E-state index in [2.05, 4.69) is 28.1 Å². The van der Waals surface area contributed by atoms with Gasteiger partial charge in [0.1, 0.15) is 5.54 Å². The number of amides is 1. The molecule has 1 spiro atoms. The summed E-state index contributed by atoms with van der Waals surface area (Å²) >= 11 is 1.81. The Morgan fingerprint density at radius 2 is 1.97 bits per heavy atom. The summed E-state index contributed by atoms with van der Waals surface area (Å²) in [6.07, 6.45) is 5.22. The third-order valence-electron chi connectivity index (χ3n) is 7.24. The zero-order valence-corrected chi connectivity index (χ0v) is 17.3. The topological polar surface area (TPSA) is 48.9 Å². The van der Waals surface area contributed by atoms with Gasteiger partial charge in [0.05, 0.1) is 13.2 Å². The highest BCUT2D eigenvalue weighted by atomic mass is 32.1. The fourth-order valence-electron chi connectivity index (χ4n) is 5.93. The highest BCUT2D eigenvalue weighted by Gasteiger charge is 2.65. The number of nitrogens with zero attached hydrogens (tertiary/aromatic N) is 4. The lowest BCUT2D eigenvalue weighted by Crippen LogP contribution is -2.49. The van der Waals surface area contributed by atoms with Gasteiger partial charge in [0.2, 0.25) is 5.91 Å². The molecule has 0 aliphatic carbocycles. The Morgan fingerprint density at radius 1 is 1.14 bits per heavy atom. The number of ether oxygens (including phenoxy) is 1. The molecule has 4 fully saturated rings. The van der Waals surface area contributed by atoms with Crippen molar-refractivity contribution < 1.29 is 9.53 Å². The highest BCUT2D eigenvalue weighted by molar-refractivity contribution is 7.15. The number of aromatic nitrogens is 1. The molecule has 0 bridgehead atoms. The Morgan fingerprint density at radius 3 is 2.79 bits per heavy atom. The van der Waals surface area contributed by atoms with Crippen LogP contribution in [-0.4, -0.2) is 60.7 Å². The lowest BCUT2D eigenvalue weighted by atomic mass is 9.85. The molecule has 2 aromatic rings. The second kappa shape index (κ2) is 6.79. The van der Waals surface area contributed by atoms with Crippen LogP contribution in [0.5, 0.6) is 0 Å². The molecule has 1 amide bonds. The molecule has 4 saturated heterocycles. The minimum atomic E-state index is -0.302. The van der Waals surface area contributed by atoms with Crippen molar-refractivity contribution in [2.75, 3.05) is 49.2 Å². The summed E-state index contributed by atoms with van der Waals surface area (Å²) in [5, 5.41) is 1.10. The lowest BCUT2D eigenvalue weighted by Gasteiger charge is -2.33. The summed E-state index contributed by atoms with van der Waals surface area (Å²) < 4.78 is 5.48. The van der Waals surface area contributed by atoms with Crippen LogP contribution in [0.3, 0.4) is 0 Å². The first-order valence-corrected chi connectivity index (χ1v) is 11.5. The normalized spacial score (nSPS) is 32.1. The third kappa shape index (κ3) is 2.60. The maximum atomic E-state index is 13.7. The minimum Gasteiger partial charge on any atom is -0.378 e. The zero-order chi connectivity index (χ0) is 19.4. The van der Waals surface area contributed by atoms with Gasteiger partial charge >= 0.3 is 0 Å². The predicted octanol–water partition coefficient (Wildman–Crippen LogP) is 2.92. The first-order valence-electron chi connectivity index (χ1n) is 10.7. The summed E-state index contributed by atoms with van der Waals surface area (Å²) in [5.74, 6) is 0.711. The van der Waals surface area contributed by atoms with Crippen LogP contribution in [0.15, 0.2) is 36.5 Å². The standard InChI is InChI=1S/C22H26N4O2S/c27-20-22-7-4-8-26(22)18(13-16(22)15-25(20)17-5-2-1-3-6-17)19-14-23-21(29-19)24-9-11-28-12-10-24/h1-3,5-6,14,16,18H,4,7-13,15H2/t16-,18-,22-/m0/s1. The molecular formula is C22H26N4O2S. The van der Waals surface area contributed by atoms with Crippen molar-refractivity contribution in [1.29, 1.82) is 0 Å². The Hall–Kier alpha value is -1.96. The quantitative estimate of drug-likeness (QED) is 0.779. The van der Waals surface area contributed by atoms with Gasteiger partial charge in [-0.1, -0.05) is 18.2 Å². The van der Waals surface area contributed by atoms with Crippen LogP contribution in [0.1, 0.15) is 30.2 Å². The van der Waals surface area contributed by atoms with Crippen LogP contribution < -0.4 is 9.80 Å². The van der Waals surface area contributed by atoms with Gasteiger partial charge in [-0.05, 0) is 37.9 Å². The van der Waals surface area contributed by atoms with Crippen LogP contribution in [-0.2, 0) is 9.53 Å². The van der Waals surface area contributed by atoms with E-state index in [9.17, 15) is 4.79 Å². The van der Waals surface area contributed by atoms with Gasteiger partial charge in [-0.25, -0.2) is 4.98 Å². The molecule has 0 N–H and O–H groups in total. The molecule has 0 unspecified atom stereocenters. The van der Waals surface area contributed by atoms with Crippen LogP contribution in [0.2, 0.25) is 0 Å². The number of rotatable bonds is 3. The van der Waals surface area contributed by atoms with Gasteiger partial charge in [0.25, 0.3) is 0 Å². The van der Waals surface area contributed by atoms with Crippen molar-refractivity contribution in [3.05, 3.63) is 41.4 Å². The molecular weight excluding hydrogens is 384 g/mol. The van der Waals surface area contributed by atoms with E-state index in [4.69, 9.17) is 9.72 Å². The van der Waals surface area contributed by atoms with Crippen LogP contribution in [0, 0.1) is 5.92 Å². The molecule has 29 heavy (non-hydrogen) atoms. The van der Waals surface area contributed by atoms with E-state index in [-0.39, 0.29) is 5.54 Å². The van der Waals surface area contributed by atoms with Crippen LogP contribution >= 0.6 is 11.3 Å². The SMILES string of the molecule is O=C1N(c2ccccc2)C[C@@H]2C[C@@H](c3cnc(N4CCOCC4)s3)N3CCC[C@@]123. The zero-order valence-electron chi connectivity index (χ0n) is 16.5. The number of hydrogen-bond acceptors (Lipinski definition) is 6. The molecule has 0 saturated carbocycles. The summed E-state index contributed by atoms with van der Waals surface area (Å²) in [6, 6.07) is 10.5. The molecule has 0 radical (unpaired) electrons. The van der Waals surface area contributed by atoms with E-state index in [1.165, 1.54) is 4.88 Å². The Labute approximate surface area is 175 Å². The first kappa shape index (κ1) is 17.9. The number of benzene rings is 1. The molecule has 6 rings (SSSR count).